The van der Waals surface area contributed by atoms with Crippen molar-refractivity contribution in [3.63, 3.8) is 0 Å². The predicted octanol–water partition coefficient (Wildman–Crippen LogP) is 2.03. The fourth-order valence-electron chi connectivity index (χ4n) is 4.49. The maximum Gasteiger partial charge on any atom is 0.472 e. The molecule has 4 unspecified atom stereocenters. The van der Waals surface area contributed by atoms with E-state index in [1.165, 1.54) is 6.33 Å². The molecule has 6 atom stereocenters. The fraction of sp³-hybridized carbons (Fsp3) is 0.706. The van der Waals surface area contributed by atoms with Gasteiger partial charge in [-0.25, -0.2) is 19.5 Å². The Labute approximate surface area is 168 Å². The van der Waals surface area contributed by atoms with Gasteiger partial charge in [-0.3, -0.25) is 13.6 Å². The zero-order valence-electron chi connectivity index (χ0n) is 17.0. The van der Waals surface area contributed by atoms with Crippen LogP contribution < -0.4 is 5.73 Å². The maximum absolute atomic E-state index is 12.3. The lowest BCUT2D eigenvalue weighted by molar-refractivity contribution is -0.215. The molecular formula is C17H26N5O6P. The van der Waals surface area contributed by atoms with E-state index in [0.29, 0.717) is 17.6 Å². The molecule has 2 aliphatic heterocycles. The monoisotopic (exact) mass is 427 g/mol. The van der Waals surface area contributed by atoms with Crippen molar-refractivity contribution < 1.29 is 28.0 Å². The van der Waals surface area contributed by atoms with Crippen LogP contribution >= 0.6 is 7.82 Å². The number of hydrogen-bond donors (Lipinski definition) is 2. The third kappa shape index (κ3) is 2.99. The summed E-state index contributed by atoms with van der Waals surface area (Å²) in [7, 11) is -3.17. The summed E-state index contributed by atoms with van der Waals surface area (Å²) in [6, 6.07) is 0. The van der Waals surface area contributed by atoms with Gasteiger partial charge >= 0.3 is 7.82 Å². The first kappa shape index (κ1) is 20.6. The predicted molar refractivity (Wildman–Crippen MR) is 103 cm³/mol. The van der Waals surface area contributed by atoms with Gasteiger partial charge in [-0.15, -0.1) is 0 Å². The van der Waals surface area contributed by atoms with Gasteiger partial charge in [0, 0.05) is 13.0 Å². The highest BCUT2D eigenvalue weighted by molar-refractivity contribution is 7.47. The van der Waals surface area contributed by atoms with E-state index in [-0.39, 0.29) is 11.7 Å². The summed E-state index contributed by atoms with van der Waals surface area (Å²) in [6.07, 6.45) is 1.20. The Hall–Kier alpha value is -1.62. The van der Waals surface area contributed by atoms with Crippen LogP contribution in [-0.2, 0) is 23.1 Å². The molecule has 2 saturated heterocycles. The molecule has 29 heavy (non-hydrogen) atoms. The number of phosphoric acid groups is 1. The molecular weight excluding hydrogens is 401 g/mol. The normalized spacial score (nSPS) is 35.7. The molecule has 2 bridgehead atoms. The molecule has 0 aromatic carbocycles. The topological polar surface area (TPSA) is 144 Å². The van der Waals surface area contributed by atoms with E-state index in [9.17, 15) is 9.46 Å². The standard InChI is InChI=1S/C17H26N5O6P/c1-6-17-9(2)16(3,4)26-11(12(17)28-29(23,24)25-5)15(27-17)22-8-21-10-13(18)19-7-20-14(10)22/h7-9,11-12,15H,6H2,1-5H3,(H,23,24)(H2,18,19,20)/t9?,11?,12?,15-,17+/m1/s1. The van der Waals surface area contributed by atoms with E-state index in [4.69, 9.17) is 19.7 Å². The number of rotatable bonds is 5. The van der Waals surface area contributed by atoms with Crippen LogP contribution in [-0.4, -0.2) is 54.9 Å². The SMILES string of the molecule is CC[C@]12O[C@@H](n3cnc4c(N)ncnc43)C(OC(C)(C)C1C)C2OP(=O)(O)OC. The van der Waals surface area contributed by atoms with Gasteiger partial charge in [-0.05, 0) is 20.3 Å². The van der Waals surface area contributed by atoms with Crippen molar-refractivity contribution in [1.29, 1.82) is 0 Å². The number of anilines is 1. The minimum absolute atomic E-state index is 0.155. The molecule has 0 radical (unpaired) electrons. The Morgan fingerprint density at radius 1 is 1.34 bits per heavy atom. The summed E-state index contributed by atoms with van der Waals surface area (Å²) in [5, 5.41) is 0. The van der Waals surface area contributed by atoms with E-state index in [1.807, 2.05) is 27.7 Å². The molecule has 11 nitrogen and oxygen atoms in total. The number of hydrogen-bond acceptors (Lipinski definition) is 9. The summed E-state index contributed by atoms with van der Waals surface area (Å²) in [6.45, 7) is 7.88. The van der Waals surface area contributed by atoms with Crippen LogP contribution in [0.25, 0.3) is 11.2 Å². The Morgan fingerprint density at radius 3 is 2.72 bits per heavy atom. The number of nitrogen functional groups attached to an aromatic ring is 1. The van der Waals surface area contributed by atoms with Gasteiger partial charge in [-0.1, -0.05) is 13.8 Å². The average Bonchev–Trinajstić information content (AvgIpc) is 3.19. The first-order chi connectivity index (χ1) is 13.6. The average molecular weight is 427 g/mol. The van der Waals surface area contributed by atoms with Gasteiger partial charge in [0.1, 0.15) is 29.7 Å². The lowest BCUT2D eigenvalue weighted by atomic mass is 9.71. The lowest BCUT2D eigenvalue weighted by Crippen LogP contribution is -2.62. The second-order valence-electron chi connectivity index (χ2n) is 7.98. The molecule has 2 fully saturated rings. The summed E-state index contributed by atoms with van der Waals surface area (Å²) in [5.74, 6) is 0.0965. The van der Waals surface area contributed by atoms with Crippen molar-refractivity contribution in [2.24, 2.45) is 5.92 Å². The van der Waals surface area contributed by atoms with Crippen molar-refractivity contribution in [2.75, 3.05) is 12.8 Å². The number of nitrogens with zero attached hydrogens (tertiary/aromatic N) is 4. The Bertz CT molecular complexity index is 982. The highest BCUT2D eigenvalue weighted by atomic mass is 31.2. The van der Waals surface area contributed by atoms with E-state index >= 15 is 0 Å². The molecule has 0 spiro atoms. The minimum Gasteiger partial charge on any atom is -0.382 e. The number of phosphoric ester groups is 1. The van der Waals surface area contributed by atoms with Crippen molar-refractivity contribution in [1.82, 2.24) is 19.5 Å². The molecule has 3 N–H and O–H groups in total. The fourth-order valence-corrected chi connectivity index (χ4v) is 5.17. The third-order valence-corrected chi connectivity index (χ3v) is 7.26. The molecule has 4 rings (SSSR count). The molecule has 4 heterocycles. The van der Waals surface area contributed by atoms with Crippen molar-refractivity contribution in [2.45, 2.75) is 63.8 Å². The molecule has 2 aromatic rings. The smallest absolute Gasteiger partial charge is 0.382 e. The third-order valence-electron chi connectivity index (χ3n) is 6.31. The number of fused-ring (bicyclic) bond motifs is 3. The first-order valence-corrected chi connectivity index (χ1v) is 10.9. The highest BCUT2D eigenvalue weighted by Gasteiger charge is 2.68. The van der Waals surface area contributed by atoms with Gasteiger partial charge in [0.25, 0.3) is 0 Å². The minimum atomic E-state index is -4.29. The number of imidazole rings is 1. The second-order valence-corrected chi connectivity index (χ2v) is 9.50. The molecule has 0 saturated carbocycles. The van der Waals surface area contributed by atoms with E-state index in [1.54, 1.807) is 10.9 Å². The van der Waals surface area contributed by atoms with Crippen LogP contribution in [0.3, 0.4) is 0 Å². The van der Waals surface area contributed by atoms with Gasteiger partial charge in [0.05, 0.1) is 11.9 Å². The Kier molecular flexibility index (Phi) is 4.77. The van der Waals surface area contributed by atoms with Crippen molar-refractivity contribution in [3.8, 4) is 0 Å². The van der Waals surface area contributed by atoms with Gasteiger partial charge in [0.15, 0.2) is 17.7 Å². The summed E-state index contributed by atoms with van der Waals surface area (Å²) < 4.78 is 37.2. The molecule has 12 heteroatoms. The zero-order valence-corrected chi connectivity index (χ0v) is 17.9. The lowest BCUT2D eigenvalue weighted by Gasteiger charge is -2.50. The molecule has 2 aromatic heterocycles. The number of aromatic nitrogens is 4. The van der Waals surface area contributed by atoms with Crippen LogP contribution in [0, 0.1) is 5.92 Å². The van der Waals surface area contributed by atoms with Gasteiger partial charge in [-0.2, -0.15) is 0 Å². The van der Waals surface area contributed by atoms with E-state index < -0.39 is 37.5 Å². The summed E-state index contributed by atoms with van der Waals surface area (Å²) >= 11 is 0. The molecule has 160 valence electrons. The zero-order chi connectivity index (χ0) is 21.2. The summed E-state index contributed by atoms with van der Waals surface area (Å²) in [4.78, 5) is 22.6. The largest absolute Gasteiger partial charge is 0.472 e. The first-order valence-electron chi connectivity index (χ1n) is 9.42. The van der Waals surface area contributed by atoms with Crippen LogP contribution in [0.4, 0.5) is 5.82 Å². The molecule has 0 amide bonds. The van der Waals surface area contributed by atoms with Crippen molar-refractivity contribution in [3.05, 3.63) is 12.7 Å². The van der Waals surface area contributed by atoms with Gasteiger partial charge in [0.2, 0.25) is 0 Å². The van der Waals surface area contributed by atoms with Crippen LogP contribution in [0.5, 0.6) is 0 Å². The van der Waals surface area contributed by atoms with Crippen molar-refractivity contribution >= 4 is 24.8 Å². The van der Waals surface area contributed by atoms with E-state index in [2.05, 4.69) is 19.5 Å². The highest BCUT2D eigenvalue weighted by Crippen LogP contribution is 2.59. The van der Waals surface area contributed by atoms with Crippen LogP contribution in [0.2, 0.25) is 0 Å². The van der Waals surface area contributed by atoms with Crippen LogP contribution in [0.1, 0.15) is 40.3 Å². The van der Waals surface area contributed by atoms with Crippen LogP contribution in [0.15, 0.2) is 12.7 Å². The Balaban J connectivity index is 1.85. The molecule has 2 aliphatic rings. The van der Waals surface area contributed by atoms with Gasteiger partial charge < -0.3 is 20.1 Å². The van der Waals surface area contributed by atoms with E-state index in [0.717, 1.165) is 7.11 Å². The Morgan fingerprint density at radius 2 is 2.07 bits per heavy atom. The maximum atomic E-state index is 12.3. The summed E-state index contributed by atoms with van der Waals surface area (Å²) in [5.41, 5.74) is 5.38. The quantitative estimate of drug-likeness (QED) is 0.680. The number of nitrogens with two attached hydrogens (primary N) is 1. The number of ether oxygens (including phenoxy) is 2. The molecule has 0 aliphatic carbocycles. The second kappa shape index (κ2) is 6.69.